The summed E-state index contributed by atoms with van der Waals surface area (Å²) in [4.78, 5) is 0. The lowest BCUT2D eigenvalue weighted by Gasteiger charge is -2.26. The Morgan fingerprint density at radius 2 is 1.94 bits per heavy atom. The fourth-order valence-electron chi connectivity index (χ4n) is 1.76. The summed E-state index contributed by atoms with van der Waals surface area (Å²) in [6, 6.07) is 3.90. The minimum Gasteiger partial charge on any atom is -0.467 e. The molecule has 1 aromatic carbocycles. The van der Waals surface area contributed by atoms with Crippen LogP contribution < -0.4 is 4.74 Å². The molecule has 1 atom stereocenters. The molecule has 0 radical (unpaired) electrons. The van der Waals surface area contributed by atoms with Crippen LogP contribution >= 0.6 is 15.9 Å². The summed E-state index contributed by atoms with van der Waals surface area (Å²) in [6.07, 6.45) is -0.588. The molecule has 0 aliphatic rings. The van der Waals surface area contributed by atoms with Gasteiger partial charge in [-0.25, -0.2) is 0 Å². The topological polar surface area (TPSA) is 38.7 Å². The number of hydrogen-bond acceptors (Lipinski definition) is 3. The van der Waals surface area contributed by atoms with Gasteiger partial charge in [0.25, 0.3) is 0 Å². The number of aliphatic hydroxyl groups excluding tert-OH is 1. The zero-order chi connectivity index (χ0) is 13.9. The zero-order valence-corrected chi connectivity index (χ0v) is 13.2. The Morgan fingerprint density at radius 3 is 2.39 bits per heavy atom. The van der Waals surface area contributed by atoms with Crippen LogP contribution in [0.5, 0.6) is 5.75 Å². The number of halogens is 1. The van der Waals surface area contributed by atoms with Crippen LogP contribution in [0.25, 0.3) is 0 Å². The van der Waals surface area contributed by atoms with Crippen LogP contribution in [0.2, 0.25) is 0 Å². The maximum absolute atomic E-state index is 9.88. The minimum absolute atomic E-state index is 0.0729. The molecule has 1 N–H and O–H groups in total. The fraction of sp³-hybridized carbons (Fsp3) is 0.571. The number of methoxy groups -OCH3 is 1. The Balaban J connectivity index is 3.38. The van der Waals surface area contributed by atoms with Crippen LogP contribution in [0, 0.1) is 0 Å². The van der Waals surface area contributed by atoms with E-state index in [-0.39, 0.29) is 12.2 Å². The van der Waals surface area contributed by atoms with E-state index in [4.69, 9.17) is 9.47 Å². The van der Waals surface area contributed by atoms with E-state index in [1.165, 1.54) is 0 Å². The molecule has 0 aliphatic carbocycles. The summed E-state index contributed by atoms with van der Waals surface area (Å²) < 4.78 is 11.6. The predicted octanol–water partition coefficient (Wildman–Crippen LogP) is 3.78. The highest BCUT2D eigenvalue weighted by atomic mass is 79.9. The summed E-state index contributed by atoms with van der Waals surface area (Å²) >= 11 is 3.48. The van der Waals surface area contributed by atoms with Crippen LogP contribution in [0.3, 0.4) is 0 Å². The lowest BCUT2D eigenvalue weighted by atomic mass is 9.84. The maximum Gasteiger partial charge on any atom is 0.188 e. The lowest BCUT2D eigenvalue weighted by Crippen LogP contribution is -2.16. The van der Waals surface area contributed by atoms with E-state index in [9.17, 15) is 5.11 Å². The SMILES string of the molecule is COCOc1c(C(C)O)cc(Br)cc1C(C)(C)C. The first kappa shape index (κ1) is 15.5. The quantitative estimate of drug-likeness (QED) is 0.859. The van der Waals surface area contributed by atoms with Gasteiger partial charge in [0, 0.05) is 22.7 Å². The summed E-state index contributed by atoms with van der Waals surface area (Å²) in [5, 5.41) is 9.88. The average Bonchev–Trinajstić information content (AvgIpc) is 2.25. The van der Waals surface area contributed by atoms with Crippen molar-refractivity contribution >= 4 is 15.9 Å². The lowest BCUT2D eigenvalue weighted by molar-refractivity contribution is 0.0470. The Kier molecular flexibility index (Phi) is 5.20. The molecule has 0 aromatic heterocycles. The third-order valence-corrected chi connectivity index (χ3v) is 3.12. The van der Waals surface area contributed by atoms with Gasteiger partial charge in [0.1, 0.15) is 5.75 Å². The van der Waals surface area contributed by atoms with Crippen molar-refractivity contribution in [3.8, 4) is 5.75 Å². The van der Waals surface area contributed by atoms with Crippen molar-refractivity contribution in [2.24, 2.45) is 0 Å². The van der Waals surface area contributed by atoms with Gasteiger partial charge in [-0.15, -0.1) is 0 Å². The molecule has 102 valence electrons. The fourth-order valence-corrected chi connectivity index (χ4v) is 2.24. The molecule has 0 saturated carbocycles. The van der Waals surface area contributed by atoms with E-state index >= 15 is 0 Å². The number of hydrogen-bond donors (Lipinski definition) is 1. The second-order valence-corrected chi connectivity index (χ2v) is 6.26. The van der Waals surface area contributed by atoms with Gasteiger partial charge in [-0.3, -0.25) is 0 Å². The highest BCUT2D eigenvalue weighted by Gasteiger charge is 2.24. The van der Waals surface area contributed by atoms with Gasteiger partial charge in [-0.2, -0.15) is 0 Å². The molecule has 0 bridgehead atoms. The van der Waals surface area contributed by atoms with Crippen LogP contribution in [0.1, 0.15) is 44.9 Å². The molecule has 1 rings (SSSR count). The molecule has 0 saturated heterocycles. The summed E-state index contributed by atoms with van der Waals surface area (Å²) in [5.74, 6) is 0.711. The van der Waals surface area contributed by atoms with Crippen molar-refractivity contribution in [3.63, 3.8) is 0 Å². The Hall–Kier alpha value is -0.580. The van der Waals surface area contributed by atoms with Crippen LogP contribution in [0.4, 0.5) is 0 Å². The molecule has 1 unspecified atom stereocenters. The molecule has 0 fully saturated rings. The van der Waals surface area contributed by atoms with Crippen molar-refractivity contribution in [2.45, 2.75) is 39.2 Å². The number of ether oxygens (including phenoxy) is 2. The molecule has 18 heavy (non-hydrogen) atoms. The van der Waals surface area contributed by atoms with Crippen molar-refractivity contribution in [1.29, 1.82) is 0 Å². The second kappa shape index (κ2) is 6.04. The third-order valence-electron chi connectivity index (χ3n) is 2.66. The largest absolute Gasteiger partial charge is 0.467 e. The van der Waals surface area contributed by atoms with E-state index in [0.717, 1.165) is 15.6 Å². The van der Waals surface area contributed by atoms with Gasteiger partial charge in [-0.05, 0) is 24.5 Å². The van der Waals surface area contributed by atoms with E-state index in [2.05, 4.69) is 36.7 Å². The van der Waals surface area contributed by atoms with Crippen LogP contribution in [0.15, 0.2) is 16.6 Å². The molecule has 0 aliphatic heterocycles. The number of benzene rings is 1. The smallest absolute Gasteiger partial charge is 0.188 e. The minimum atomic E-state index is -0.588. The van der Waals surface area contributed by atoms with Crippen molar-refractivity contribution in [1.82, 2.24) is 0 Å². The molecular weight excluding hydrogens is 296 g/mol. The first-order chi connectivity index (χ1) is 8.27. The molecular formula is C14H21BrO3. The van der Waals surface area contributed by atoms with Crippen LogP contribution in [-0.2, 0) is 10.2 Å². The summed E-state index contributed by atoms with van der Waals surface area (Å²) in [7, 11) is 1.58. The molecule has 1 aromatic rings. The third kappa shape index (κ3) is 3.70. The van der Waals surface area contributed by atoms with E-state index in [0.29, 0.717) is 5.75 Å². The Bertz CT molecular complexity index is 408. The molecule has 0 heterocycles. The van der Waals surface area contributed by atoms with Gasteiger partial charge in [-0.1, -0.05) is 36.7 Å². The van der Waals surface area contributed by atoms with E-state index in [1.807, 2.05) is 12.1 Å². The molecule has 4 heteroatoms. The van der Waals surface area contributed by atoms with Gasteiger partial charge >= 0.3 is 0 Å². The van der Waals surface area contributed by atoms with Gasteiger partial charge in [0.05, 0.1) is 6.10 Å². The maximum atomic E-state index is 9.88. The first-order valence-corrected chi connectivity index (χ1v) is 6.70. The summed E-state index contributed by atoms with van der Waals surface area (Å²) in [6.45, 7) is 8.24. The highest BCUT2D eigenvalue weighted by molar-refractivity contribution is 9.10. The summed E-state index contributed by atoms with van der Waals surface area (Å²) in [5.41, 5.74) is 1.74. The number of aliphatic hydroxyl groups is 1. The zero-order valence-electron chi connectivity index (χ0n) is 11.6. The number of rotatable bonds is 4. The van der Waals surface area contributed by atoms with Crippen molar-refractivity contribution in [3.05, 3.63) is 27.7 Å². The Morgan fingerprint density at radius 1 is 1.33 bits per heavy atom. The normalized spacial score (nSPS) is 13.5. The highest BCUT2D eigenvalue weighted by Crippen LogP contribution is 2.39. The van der Waals surface area contributed by atoms with E-state index < -0.39 is 6.10 Å². The first-order valence-electron chi connectivity index (χ1n) is 5.91. The van der Waals surface area contributed by atoms with Crippen molar-refractivity contribution in [2.75, 3.05) is 13.9 Å². The molecule has 3 nitrogen and oxygen atoms in total. The van der Waals surface area contributed by atoms with Gasteiger partial charge in [0.2, 0.25) is 0 Å². The predicted molar refractivity (Wildman–Crippen MR) is 76.0 cm³/mol. The van der Waals surface area contributed by atoms with Gasteiger partial charge < -0.3 is 14.6 Å². The standard InChI is InChI=1S/C14H21BrO3/c1-9(16)11-6-10(15)7-12(14(2,3)4)13(11)18-8-17-5/h6-7,9,16H,8H2,1-5H3. The second-order valence-electron chi connectivity index (χ2n) is 5.35. The Labute approximate surface area is 117 Å². The molecule has 0 spiro atoms. The van der Waals surface area contributed by atoms with Crippen molar-refractivity contribution < 1.29 is 14.6 Å². The average molecular weight is 317 g/mol. The van der Waals surface area contributed by atoms with Gasteiger partial charge in [0.15, 0.2) is 6.79 Å². The van der Waals surface area contributed by atoms with E-state index in [1.54, 1.807) is 14.0 Å². The van der Waals surface area contributed by atoms with Crippen LogP contribution in [-0.4, -0.2) is 19.0 Å². The monoisotopic (exact) mass is 316 g/mol. The molecule has 0 amide bonds.